The third kappa shape index (κ3) is 1.65. The van der Waals surface area contributed by atoms with Crippen LogP contribution in [0.5, 0.6) is 0 Å². The molecule has 0 radical (unpaired) electrons. The number of amides is 1. The van der Waals surface area contributed by atoms with Crippen LogP contribution in [0.3, 0.4) is 0 Å². The molecule has 0 aliphatic carbocycles. The molecule has 0 saturated carbocycles. The third-order valence-corrected chi connectivity index (χ3v) is 4.57. The SMILES string of the molecule is CC(C)(C)N1C[C@@]2(CN3CCC2CC3)OC1=O. The Labute approximate surface area is 103 Å². The van der Waals surface area contributed by atoms with Crippen LogP contribution in [0.2, 0.25) is 0 Å². The summed E-state index contributed by atoms with van der Waals surface area (Å²) in [5.41, 5.74) is -0.340. The van der Waals surface area contributed by atoms with Crippen molar-refractivity contribution in [3.05, 3.63) is 0 Å². The fraction of sp³-hybridized carbons (Fsp3) is 0.923. The highest BCUT2D eigenvalue weighted by Crippen LogP contribution is 2.43. The molecule has 0 aromatic rings. The molecule has 17 heavy (non-hydrogen) atoms. The number of fused-ring (bicyclic) bond motifs is 2. The van der Waals surface area contributed by atoms with E-state index in [1.54, 1.807) is 0 Å². The Kier molecular flexibility index (Phi) is 2.25. The second-order valence-electron chi connectivity index (χ2n) is 6.74. The monoisotopic (exact) mass is 238 g/mol. The molecule has 4 heteroatoms. The summed E-state index contributed by atoms with van der Waals surface area (Å²) in [7, 11) is 0. The minimum absolute atomic E-state index is 0.119. The van der Waals surface area contributed by atoms with Crippen molar-refractivity contribution < 1.29 is 9.53 Å². The number of ether oxygens (including phenoxy) is 1. The van der Waals surface area contributed by atoms with Gasteiger partial charge in [-0.05, 0) is 46.7 Å². The van der Waals surface area contributed by atoms with E-state index >= 15 is 0 Å². The second-order valence-corrected chi connectivity index (χ2v) is 6.74. The number of hydrogen-bond acceptors (Lipinski definition) is 3. The van der Waals surface area contributed by atoms with Gasteiger partial charge in [-0.2, -0.15) is 0 Å². The predicted molar refractivity (Wildman–Crippen MR) is 64.8 cm³/mol. The number of rotatable bonds is 0. The van der Waals surface area contributed by atoms with Gasteiger partial charge in [0, 0.05) is 18.0 Å². The first-order valence-corrected chi connectivity index (χ1v) is 6.64. The second kappa shape index (κ2) is 3.37. The molecule has 2 bridgehead atoms. The van der Waals surface area contributed by atoms with Gasteiger partial charge >= 0.3 is 6.09 Å². The molecule has 1 spiro atoms. The van der Waals surface area contributed by atoms with E-state index in [9.17, 15) is 4.79 Å². The van der Waals surface area contributed by atoms with Crippen LogP contribution in [0.25, 0.3) is 0 Å². The van der Waals surface area contributed by atoms with Crippen molar-refractivity contribution >= 4 is 6.09 Å². The van der Waals surface area contributed by atoms with Crippen molar-refractivity contribution in [1.82, 2.24) is 9.80 Å². The smallest absolute Gasteiger partial charge is 0.411 e. The maximum absolute atomic E-state index is 12.1. The lowest BCUT2D eigenvalue weighted by molar-refractivity contribution is -0.0897. The molecule has 96 valence electrons. The summed E-state index contributed by atoms with van der Waals surface area (Å²) in [5.74, 6) is 0.573. The van der Waals surface area contributed by atoms with Crippen LogP contribution in [-0.4, -0.2) is 53.2 Å². The average molecular weight is 238 g/mol. The molecule has 4 aliphatic heterocycles. The lowest BCUT2D eigenvalue weighted by Gasteiger charge is -2.49. The van der Waals surface area contributed by atoms with E-state index in [1.807, 2.05) is 4.90 Å². The maximum Gasteiger partial charge on any atom is 0.411 e. The summed E-state index contributed by atoms with van der Waals surface area (Å²) in [6.07, 6.45) is 2.25. The largest absolute Gasteiger partial charge is 0.439 e. The van der Waals surface area contributed by atoms with Gasteiger partial charge in [-0.15, -0.1) is 0 Å². The number of piperidine rings is 3. The van der Waals surface area contributed by atoms with Crippen LogP contribution in [0.1, 0.15) is 33.6 Å². The Bertz CT molecular complexity index is 342. The summed E-state index contributed by atoms with van der Waals surface area (Å²) in [5, 5.41) is 0. The molecule has 4 heterocycles. The Balaban J connectivity index is 1.85. The molecule has 4 rings (SSSR count). The normalized spacial score (nSPS) is 41.1. The lowest BCUT2D eigenvalue weighted by Crippen LogP contribution is -2.61. The third-order valence-electron chi connectivity index (χ3n) is 4.57. The first kappa shape index (κ1) is 11.3. The minimum atomic E-state index is -0.207. The molecule has 4 nitrogen and oxygen atoms in total. The van der Waals surface area contributed by atoms with Crippen LogP contribution < -0.4 is 0 Å². The van der Waals surface area contributed by atoms with E-state index in [0.29, 0.717) is 5.92 Å². The van der Waals surface area contributed by atoms with Crippen LogP contribution in [0.15, 0.2) is 0 Å². The molecule has 1 amide bonds. The Hall–Kier alpha value is -0.770. The van der Waals surface area contributed by atoms with E-state index in [0.717, 1.165) is 13.1 Å². The van der Waals surface area contributed by atoms with Crippen LogP contribution in [-0.2, 0) is 4.74 Å². The zero-order valence-electron chi connectivity index (χ0n) is 11.0. The number of hydrogen-bond donors (Lipinski definition) is 0. The number of nitrogens with zero attached hydrogens (tertiary/aromatic N) is 2. The van der Waals surface area contributed by atoms with Gasteiger partial charge in [-0.1, -0.05) is 0 Å². The summed E-state index contributed by atoms with van der Waals surface area (Å²) in [6.45, 7) is 10.3. The first-order chi connectivity index (χ1) is 7.91. The van der Waals surface area contributed by atoms with Crippen LogP contribution in [0, 0.1) is 5.92 Å². The van der Waals surface area contributed by atoms with Crippen molar-refractivity contribution in [3.8, 4) is 0 Å². The predicted octanol–water partition coefficient (Wildman–Crippen LogP) is 1.70. The molecular formula is C13H22N2O2. The molecule has 4 saturated heterocycles. The first-order valence-electron chi connectivity index (χ1n) is 6.64. The van der Waals surface area contributed by atoms with E-state index in [-0.39, 0.29) is 17.2 Å². The lowest BCUT2D eigenvalue weighted by atomic mass is 9.75. The summed E-state index contributed by atoms with van der Waals surface area (Å²) in [4.78, 5) is 16.4. The van der Waals surface area contributed by atoms with Crippen molar-refractivity contribution in [1.29, 1.82) is 0 Å². The molecular weight excluding hydrogens is 216 g/mol. The van der Waals surface area contributed by atoms with Gasteiger partial charge in [0.05, 0.1) is 6.54 Å². The summed E-state index contributed by atoms with van der Waals surface area (Å²) >= 11 is 0. The van der Waals surface area contributed by atoms with Crippen molar-refractivity contribution in [2.24, 2.45) is 5.92 Å². The Morgan fingerprint density at radius 1 is 1.24 bits per heavy atom. The molecule has 4 fully saturated rings. The standard InChI is InChI=1S/C13H22N2O2/c1-12(2,3)15-9-13(17-11(15)16)8-14-6-4-10(13)5-7-14/h10H,4-9H2,1-3H3/t13-/m1/s1. The van der Waals surface area contributed by atoms with Gasteiger partial charge in [-0.3, -0.25) is 9.80 Å². The van der Waals surface area contributed by atoms with Gasteiger partial charge in [0.25, 0.3) is 0 Å². The van der Waals surface area contributed by atoms with Gasteiger partial charge in [0.1, 0.15) is 5.60 Å². The van der Waals surface area contributed by atoms with Crippen LogP contribution >= 0.6 is 0 Å². The quantitative estimate of drug-likeness (QED) is 0.644. The van der Waals surface area contributed by atoms with E-state index in [2.05, 4.69) is 25.7 Å². The fourth-order valence-electron chi connectivity index (χ4n) is 3.52. The summed E-state index contributed by atoms with van der Waals surface area (Å²) in [6, 6.07) is 0. The maximum atomic E-state index is 12.1. The minimum Gasteiger partial charge on any atom is -0.439 e. The Morgan fingerprint density at radius 2 is 1.88 bits per heavy atom. The van der Waals surface area contributed by atoms with E-state index < -0.39 is 0 Å². The molecule has 4 aliphatic rings. The van der Waals surface area contributed by atoms with Gasteiger partial charge < -0.3 is 4.74 Å². The molecule has 0 unspecified atom stereocenters. The van der Waals surface area contributed by atoms with Crippen LogP contribution in [0.4, 0.5) is 4.79 Å². The average Bonchev–Trinajstić information content (AvgIpc) is 2.57. The van der Waals surface area contributed by atoms with Crippen molar-refractivity contribution in [2.45, 2.75) is 44.8 Å². The highest BCUT2D eigenvalue weighted by Gasteiger charge is 2.56. The van der Waals surface area contributed by atoms with Crippen molar-refractivity contribution in [2.75, 3.05) is 26.2 Å². The van der Waals surface area contributed by atoms with Crippen molar-refractivity contribution in [3.63, 3.8) is 0 Å². The van der Waals surface area contributed by atoms with Gasteiger partial charge in [-0.25, -0.2) is 4.79 Å². The number of carbonyl (C=O) groups excluding carboxylic acids is 1. The Morgan fingerprint density at radius 3 is 2.29 bits per heavy atom. The zero-order valence-corrected chi connectivity index (χ0v) is 11.0. The highest BCUT2D eigenvalue weighted by atomic mass is 16.6. The molecule has 0 N–H and O–H groups in total. The van der Waals surface area contributed by atoms with Gasteiger partial charge in [0.15, 0.2) is 0 Å². The van der Waals surface area contributed by atoms with E-state index in [4.69, 9.17) is 4.74 Å². The highest BCUT2D eigenvalue weighted by molar-refractivity contribution is 5.72. The number of carbonyl (C=O) groups is 1. The molecule has 0 aromatic carbocycles. The summed E-state index contributed by atoms with van der Waals surface area (Å²) < 4.78 is 5.81. The molecule has 0 aromatic heterocycles. The zero-order chi connectivity index (χ0) is 12.3. The van der Waals surface area contributed by atoms with Gasteiger partial charge in [0.2, 0.25) is 0 Å². The topological polar surface area (TPSA) is 32.8 Å². The van der Waals surface area contributed by atoms with E-state index in [1.165, 1.54) is 25.9 Å². The fourth-order valence-corrected chi connectivity index (χ4v) is 3.52. The molecule has 1 atom stereocenters.